The first-order chi connectivity index (χ1) is 14.0. The molecule has 3 amide bonds. The fourth-order valence-electron chi connectivity index (χ4n) is 3.64. The maximum Gasteiger partial charge on any atom is 0.309 e. The Hall–Kier alpha value is -2.67. The Kier molecular flexibility index (Phi) is 7.41. The summed E-state index contributed by atoms with van der Waals surface area (Å²) in [7, 11) is 0. The Morgan fingerprint density at radius 2 is 1.79 bits per heavy atom. The lowest BCUT2D eigenvalue weighted by molar-refractivity contribution is -0.140. The topological polar surface area (TPSA) is 87.3 Å². The van der Waals surface area contributed by atoms with Crippen molar-refractivity contribution in [1.82, 2.24) is 16.0 Å². The van der Waals surface area contributed by atoms with Crippen LogP contribution in [0.4, 0.5) is 0 Å². The lowest BCUT2D eigenvalue weighted by Gasteiger charge is -2.29. The van der Waals surface area contributed by atoms with Crippen LogP contribution in [-0.4, -0.2) is 30.3 Å². The first-order valence-electron chi connectivity index (χ1n) is 10.0. The third-order valence-corrected chi connectivity index (χ3v) is 6.25. The van der Waals surface area contributed by atoms with Crippen LogP contribution in [0.1, 0.15) is 49.1 Å². The molecule has 0 aliphatic heterocycles. The molecule has 0 radical (unpaired) electrons. The van der Waals surface area contributed by atoms with Crippen molar-refractivity contribution in [2.75, 3.05) is 6.54 Å². The highest BCUT2D eigenvalue weighted by atomic mass is 32.1. The van der Waals surface area contributed by atoms with E-state index in [4.69, 9.17) is 0 Å². The van der Waals surface area contributed by atoms with Crippen LogP contribution in [0.5, 0.6) is 0 Å². The van der Waals surface area contributed by atoms with Gasteiger partial charge in [0, 0.05) is 10.9 Å². The number of rotatable bonds is 6. The molecule has 0 unspecified atom stereocenters. The van der Waals surface area contributed by atoms with Crippen LogP contribution in [0.15, 0.2) is 47.8 Å². The van der Waals surface area contributed by atoms with Crippen LogP contribution < -0.4 is 16.0 Å². The molecule has 6 nitrogen and oxygen atoms in total. The van der Waals surface area contributed by atoms with Crippen LogP contribution in [0.25, 0.3) is 0 Å². The Labute approximate surface area is 175 Å². The minimum absolute atomic E-state index is 0.0251. The molecule has 3 N–H and O–H groups in total. The first-order valence-corrected chi connectivity index (χ1v) is 10.9. The Balaban J connectivity index is 1.52. The second-order valence-electron chi connectivity index (χ2n) is 7.45. The van der Waals surface area contributed by atoms with Crippen molar-refractivity contribution < 1.29 is 14.4 Å². The van der Waals surface area contributed by atoms with E-state index in [1.54, 1.807) is 11.3 Å². The van der Waals surface area contributed by atoms with Crippen LogP contribution in [-0.2, 0) is 14.4 Å². The van der Waals surface area contributed by atoms with E-state index in [2.05, 4.69) is 22.9 Å². The van der Waals surface area contributed by atoms with Gasteiger partial charge in [0.15, 0.2) is 0 Å². The minimum atomic E-state index is -0.773. The summed E-state index contributed by atoms with van der Waals surface area (Å²) in [6, 6.07) is 13.3. The molecule has 3 atom stereocenters. The fourth-order valence-corrected chi connectivity index (χ4v) is 4.44. The van der Waals surface area contributed by atoms with Crippen LogP contribution >= 0.6 is 11.3 Å². The molecule has 1 aromatic carbocycles. The standard InChI is InChI=1S/C22H27N3O3S/c1-15-8-5-6-11-17(15)24-22(28)21(27)23-14-19(26)25-20(18-12-7-13-29-18)16-9-3-2-4-10-16/h2-4,7,9-10,12-13,15,17,20H,5-6,8,11,14H2,1H3,(H,23,27)(H,24,28)(H,25,26)/t15-,17-,20-/m1/s1. The number of hydrogen-bond donors (Lipinski definition) is 3. The van der Waals surface area contributed by atoms with Gasteiger partial charge in [-0.3, -0.25) is 14.4 Å². The number of nitrogens with one attached hydrogen (secondary N) is 3. The molecule has 29 heavy (non-hydrogen) atoms. The van der Waals surface area contributed by atoms with Gasteiger partial charge in [0.2, 0.25) is 5.91 Å². The Bertz CT molecular complexity index is 823. The summed E-state index contributed by atoms with van der Waals surface area (Å²) in [6.07, 6.45) is 4.16. The van der Waals surface area contributed by atoms with E-state index in [1.807, 2.05) is 47.8 Å². The molecule has 3 rings (SSSR count). The van der Waals surface area contributed by atoms with Gasteiger partial charge in [0.05, 0.1) is 12.6 Å². The van der Waals surface area contributed by atoms with Crippen molar-refractivity contribution >= 4 is 29.1 Å². The third kappa shape index (κ3) is 5.90. The summed E-state index contributed by atoms with van der Waals surface area (Å²) in [4.78, 5) is 37.7. The van der Waals surface area contributed by atoms with E-state index in [0.29, 0.717) is 5.92 Å². The van der Waals surface area contributed by atoms with Crippen molar-refractivity contribution in [3.8, 4) is 0 Å². The Morgan fingerprint density at radius 3 is 2.48 bits per heavy atom. The normalized spacial score (nSPS) is 19.8. The van der Waals surface area contributed by atoms with Crippen molar-refractivity contribution in [1.29, 1.82) is 0 Å². The average molecular weight is 414 g/mol. The number of hydrogen-bond acceptors (Lipinski definition) is 4. The molecule has 1 heterocycles. The summed E-state index contributed by atoms with van der Waals surface area (Å²) in [5, 5.41) is 10.1. The maximum absolute atomic E-state index is 12.4. The van der Waals surface area contributed by atoms with Gasteiger partial charge in [0.25, 0.3) is 0 Å². The number of thiophene rings is 1. The van der Waals surface area contributed by atoms with Gasteiger partial charge in [-0.15, -0.1) is 11.3 Å². The number of benzene rings is 1. The van der Waals surface area contributed by atoms with Gasteiger partial charge in [-0.05, 0) is 35.8 Å². The fraction of sp³-hybridized carbons (Fsp3) is 0.409. The van der Waals surface area contributed by atoms with Gasteiger partial charge >= 0.3 is 11.8 Å². The number of amides is 3. The molecule has 1 aliphatic carbocycles. The summed E-state index contributed by atoms with van der Waals surface area (Å²) in [6.45, 7) is 1.84. The molecule has 1 saturated carbocycles. The molecule has 1 aromatic heterocycles. The molecule has 0 saturated heterocycles. The molecule has 1 aliphatic rings. The molecule has 0 spiro atoms. The highest BCUT2D eigenvalue weighted by Gasteiger charge is 2.26. The van der Waals surface area contributed by atoms with Crippen LogP contribution in [0.3, 0.4) is 0 Å². The highest BCUT2D eigenvalue weighted by molar-refractivity contribution is 7.10. The van der Waals surface area contributed by atoms with E-state index >= 15 is 0 Å². The molecule has 0 bridgehead atoms. The monoisotopic (exact) mass is 413 g/mol. The van der Waals surface area contributed by atoms with Gasteiger partial charge in [0.1, 0.15) is 0 Å². The zero-order valence-electron chi connectivity index (χ0n) is 16.5. The number of carbonyl (C=O) groups is 3. The van der Waals surface area contributed by atoms with Crippen molar-refractivity contribution in [2.24, 2.45) is 5.92 Å². The second-order valence-corrected chi connectivity index (χ2v) is 8.43. The second kappa shape index (κ2) is 10.2. The van der Waals surface area contributed by atoms with Crippen molar-refractivity contribution in [3.63, 3.8) is 0 Å². The molecular formula is C22H27N3O3S. The van der Waals surface area contributed by atoms with E-state index < -0.39 is 11.8 Å². The van der Waals surface area contributed by atoms with Crippen molar-refractivity contribution in [3.05, 3.63) is 58.3 Å². The molecule has 1 fully saturated rings. The van der Waals surface area contributed by atoms with Gasteiger partial charge < -0.3 is 16.0 Å². The zero-order valence-corrected chi connectivity index (χ0v) is 17.3. The van der Waals surface area contributed by atoms with E-state index in [-0.39, 0.29) is 24.5 Å². The summed E-state index contributed by atoms with van der Waals surface area (Å²) < 4.78 is 0. The van der Waals surface area contributed by atoms with Gasteiger partial charge in [-0.25, -0.2) is 0 Å². The summed E-state index contributed by atoms with van der Waals surface area (Å²) in [5.74, 6) is -1.43. The highest BCUT2D eigenvalue weighted by Crippen LogP contribution is 2.26. The van der Waals surface area contributed by atoms with Gasteiger partial charge in [-0.2, -0.15) is 0 Å². The lowest BCUT2D eigenvalue weighted by Crippen LogP contribution is -2.49. The largest absolute Gasteiger partial charge is 0.345 e. The Morgan fingerprint density at radius 1 is 1.03 bits per heavy atom. The predicted molar refractivity (Wildman–Crippen MR) is 113 cm³/mol. The third-order valence-electron chi connectivity index (χ3n) is 5.31. The maximum atomic E-state index is 12.4. The first kappa shape index (κ1) is 21.0. The van der Waals surface area contributed by atoms with Crippen molar-refractivity contribution in [2.45, 2.75) is 44.7 Å². The van der Waals surface area contributed by atoms with E-state index in [1.165, 1.54) is 0 Å². The van der Waals surface area contributed by atoms with E-state index in [9.17, 15) is 14.4 Å². The molecule has 2 aromatic rings. The molecule has 7 heteroatoms. The predicted octanol–water partition coefficient (Wildman–Crippen LogP) is 2.76. The average Bonchev–Trinajstić information content (AvgIpc) is 3.27. The van der Waals surface area contributed by atoms with Crippen LogP contribution in [0.2, 0.25) is 0 Å². The van der Waals surface area contributed by atoms with Crippen LogP contribution in [0, 0.1) is 5.92 Å². The summed E-state index contributed by atoms with van der Waals surface area (Å²) in [5.41, 5.74) is 0.957. The summed E-state index contributed by atoms with van der Waals surface area (Å²) >= 11 is 1.55. The SMILES string of the molecule is C[C@@H]1CCCC[C@H]1NC(=O)C(=O)NCC(=O)N[C@H](c1ccccc1)c1cccs1. The molecular weight excluding hydrogens is 386 g/mol. The zero-order chi connectivity index (χ0) is 20.6. The molecule has 154 valence electrons. The number of carbonyl (C=O) groups excluding carboxylic acids is 3. The minimum Gasteiger partial charge on any atom is -0.345 e. The quantitative estimate of drug-likeness (QED) is 0.637. The smallest absolute Gasteiger partial charge is 0.309 e. The lowest BCUT2D eigenvalue weighted by atomic mass is 9.86. The van der Waals surface area contributed by atoms with Gasteiger partial charge in [-0.1, -0.05) is 56.2 Å². The van der Waals surface area contributed by atoms with E-state index in [0.717, 1.165) is 36.1 Å².